The second-order valence-corrected chi connectivity index (χ2v) is 8.98. The Morgan fingerprint density at radius 1 is 0.615 bits per heavy atom. The lowest BCUT2D eigenvalue weighted by Crippen LogP contribution is -2.05. The van der Waals surface area contributed by atoms with Crippen molar-refractivity contribution in [2.75, 3.05) is 7.11 Å². The number of aliphatic hydroxyl groups excluding tert-OH is 2. The zero-order valence-electron chi connectivity index (χ0n) is 22.6. The lowest BCUT2D eigenvalue weighted by atomic mass is 9.97. The van der Waals surface area contributed by atoms with Gasteiger partial charge in [-0.05, 0) is 64.6 Å². The summed E-state index contributed by atoms with van der Waals surface area (Å²) < 4.78 is 5.14. The Morgan fingerprint density at radius 2 is 1.00 bits per heavy atom. The van der Waals surface area contributed by atoms with Crippen molar-refractivity contribution in [3.8, 4) is 5.75 Å². The smallest absolute Gasteiger partial charge is 0.118 e. The lowest BCUT2D eigenvalue weighted by molar-refractivity contribution is 0.281. The van der Waals surface area contributed by atoms with Gasteiger partial charge in [0.05, 0.1) is 19.3 Å². The predicted molar refractivity (Wildman–Crippen MR) is 165 cm³/mol. The van der Waals surface area contributed by atoms with Crippen molar-refractivity contribution in [1.29, 1.82) is 0 Å². The van der Waals surface area contributed by atoms with Crippen LogP contribution in [0.25, 0.3) is 23.3 Å². The Balaban J connectivity index is 0.000000216. The fourth-order valence-electron chi connectivity index (χ4n) is 3.92. The third kappa shape index (κ3) is 8.82. The standard InChI is InChI=1S/C18H18O2.C18H18O/c1-3-18(19)17(15-7-5-4-6-8-15)13-14-9-11-16(20-2)12-10-14;1-3-18(19)17(16-7-5-4-6-8-16)13-15-11-9-14(2)10-12-15/h3-13,18-19H,1H2,2H3;3-13,18-19H,1H2,2H3/b17-13-;17-13+. The molecule has 3 heteroatoms. The first-order valence-corrected chi connectivity index (χ1v) is 12.8. The van der Waals surface area contributed by atoms with Crippen LogP contribution in [0.15, 0.2) is 135 Å². The molecule has 4 aromatic rings. The van der Waals surface area contributed by atoms with Gasteiger partial charge in [-0.3, -0.25) is 0 Å². The van der Waals surface area contributed by atoms with Gasteiger partial charge in [0, 0.05) is 0 Å². The van der Waals surface area contributed by atoms with E-state index in [1.807, 2.05) is 109 Å². The quantitative estimate of drug-likeness (QED) is 0.176. The molecule has 0 aliphatic rings. The minimum absolute atomic E-state index is 0.663. The van der Waals surface area contributed by atoms with Crippen molar-refractivity contribution in [2.45, 2.75) is 19.1 Å². The van der Waals surface area contributed by atoms with Crippen LogP contribution in [0.3, 0.4) is 0 Å². The predicted octanol–water partition coefficient (Wildman–Crippen LogP) is 7.87. The fourth-order valence-corrected chi connectivity index (χ4v) is 3.92. The molecule has 0 amide bonds. The van der Waals surface area contributed by atoms with Gasteiger partial charge in [0.1, 0.15) is 5.75 Å². The summed E-state index contributed by atoms with van der Waals surface area (Å²) in [5.41, 5.74) is 6.98. The Labute approximate surface area is 232 Å². The summed E-state index contributed by atoms with van der Waals surface area (Å²) >= 11 is 0. The van der Waals surface area contributed by atoms with Gasteiger partial charge in [-0.25, -0.2) is 0 Å². The van der Waals surface area contributed by atoms with Gasteiger partial charge in [0.25, 0.3) is 0 Å². The molecule has 0 spiro atoms. The van der Waals surface area contributed by atoms with Crippen LogP contribution in [0.4, 0.5) is 0 Å². The Morgan fingerprint density at radius 3 is 1.36 bits per heavy atom. The molecule has 0 aliphatic heterocycles. The maximum atomic E-state index is 10.1. The first-order chi connectivity index (χ1) is 18.9. The molecule has 2 atom stereocenters. The van der Waals surface area contributed by atoms with Crippen molar-refractivity contribution < 1.29 is 14.9 Å². The van der Waals surface area contributed by atoms with E-state index in [4.69, 9.17) is 4.74 Å². The van der Waals surface area contributed by atoms with Gasteiger partial charge in [0.2, 0.25) is 0 Å². The van der Waals surface area contributed by atoms with E-state index in [1.54, 1.807) is 13.2 Å². The summed E-state index contributed by atoms with van der Waals surface area (Å²) in [6, 6.07) is 35.6. The topological polar surface area (TPSA) is 49.7 Å². The summed E-state index contributed by atoms with van der Waals surface area (Å²) in [4.78, 5) is 0. The molecule has 3 nitrogen and oxygen atoms in total. The zero-order valence-corrected chi connectivity index (χ0v) is 22.6. The third-order valence-electron chi connectivity index (χ3n) is 6.14. The van der Waals surface area contributed by atoms with Gasteiger partial charge in [-0.1, -0.05) is 115 Å². The largest absolute Gasteiger partial charge is 0.497 e. The number of ether oxygens (including phenoxy) is 1. The molecule has 39 heavy (non-hydrogen) atoms. The molecule has 0 aliphatic carbocycles. The Hall–Kier alpha value is -4.44. The average Bonchev–Trinajstić information content (AvgIpc) is 3.00. The van der Waals surface area contributed by atoms with Gasteiger partial charge < -0.3 is 14.9 Å². The maximum absolute atomic E-state index is 10.1. The molecule has 0 saturated heterocycles. The highest BCUT2D eigenvalue weighted by Gasteiger charge is 2.10. The zero-order chi connectivity index (χ0) is 28.0. The Bertz CT molecular complexity index is 1370. The number of methoxy groups -OCH3 is 1. The van der Waals surface area contributed by atoms with Crippen LogP contribution in [0, 0.1) is 6.92 Å². The summed E-state index contributed by atoms with van der Waals surface area (Å²) in [6.07, 6.45) is 5.68. The first kappa shape index (κ1) is 29.1. The van der Waals surface area contributed by atoms with Crippen molar-refractivity contribution in [1.82, 2.24) is 0 Å². The minimum atomic E-state index is -0.695. The van der Waals surface area contributed by atoms with E-state index >= 15 is 0 Å². The molecule has 198 valence electrons. The third-order valence-corrected chi connectivity index (χ3v) is 6.14. The number of hydrogen-bond donors (Lipinski definition) is 2. The van der Waals surface area contributed by atoms with Crippen LogP contribution < -0.4 is 4.74 Å². The van der Waals surface area contributed by atoms with E-state index in [1.165, 1.54) is 11.6 Å². The van der Waals surface area contributed by atoms with Crippen LogP contribution in [0.1, 0.15) is 27.8 Å². The van der Waals surface area contributed by atoms with E-state index in [0.717, 1.165) is 39.1 Å². The second kappa shape index (κ2) is 15.1. The van der Waals surface area contributed by atoms with Crippen LogP contribution in [-0.4, -0.2) is 29.5 Å². The molecule has 0 bridgehead atoms. The lowest BCUT2D eigenvalue weighted by Gasteiger charge is -2.12. The van der Waals surface area contributed by atoms with Gasteiger partial charge >= 0.3 is 0 Å². The monoisotopic (exact) mass is 516 g/mol. The van der Waals surface area contributed by atoms with Crippen molar-refractivity contribution in [3.63, 3.8) is 0 Å². The van der Waals surface area contributed by atoms with Gasteiger partial charge in [-0.15, -0.1) is 13.2 Å². The Kier molecular flexibility index (Phi) is 11.3. The van der Waals surface area contributed by atoms with Crippen LogP contribution in [-0.2, 0) is 0 Å². The summed E-state index contributed by atoms with van der Waals surface area (Å²) in [7, 11) is 1.64. The molecular weight excluding hydrogens is 480 g/mol. The number of rotatable bonds is 9. The van der Waals surface area contributed by atoms with Gasteiger partial charge in [-0.2, -0.15) is 0 Å². The molecule has 0 aromatic heterocycles. The molecular formula is C36H36O3. The SMILES string of the molecule is C=CC(O)/C(=C/c1ccc(C)cc1)c1ccccc1.C=CC(O)/C(=C\c1ccc(OC)cc1)c1ccccc1. The number of aryl methyl sites for hydroxylation is 1. The van der Waals surface area contributed by atoms with Crippen molar-refractivity contribution in [2.24, 2.45) is 0 Å². The highest BCUT2D eigenvalue weighted by molar-refractivity contribution is 5.85. The first-order valence-electron chi connectivity index (χ1n) is 12.8. The summed E-state index contributed by atoms with van der Waals surface area (Å²) in [5.74, 6) is 0.813. The highest BCUT2D eigenvalue weighted by atomic mass is 16.5. The fraction of sp³-hybridized carbons (Fsp3) is 0.111. The molecule has 0 saturated carbocycles. The maximum Gasteiger partial charge on any atom is 0.118 e. The highest BCUT2D eigenvalue weighted by Crippen LogP contribution is 2.24. The van der Waals surface area contributed by atoms with Crippen LogP contribution in [0.2, 0.25) is 0 Å². The molecule has 4 aromatic carbocycles. The van der Waals surface area contributed by atoms with Crippen LogP contribution in [0.5, 0.6) is 5.75 Å². The molecule has 2 N–H and O–H groups in total. The van der Waals surface area contributed by atoms with Crippen molar-refractivity contribution in [3.05, 3.63) is 162 Å². The number of hydrogen-bond acceptors (Lipinski definition) is 3. The molecule has 4 rings (SSSR count). The molecule has 2 unspecified atom stereocenters. The van der Waals surface area contributed by atoms with E-state index < -0.39 is 12.2 Å². The average molecular weight is 517 g/mol. The minimum Gasteiger partial charge on any atom is -0.497 e. The van der Waals surface area contributed by atoms with Gasteiger partial charge in [0.15, 0.2) is 0 Å². The van der Waals surface area contributed by atoms with E-state index in [-0.39, 0.29) is 0 Å². The molecule has 0 radical (unpaired) electrons. The van der Waals surface area contributed by atoms with E-state index in [0.29, 0.717) is 0 Å². The van der Waals surface area contributed by atoms with E-state index in [9.17, 15) is 10.2 Å². The normalized spacial score (nSPS) is 12.9. The summed E-state index contributed by atoms with van der Waals surface area (Å²) in [6.45, 7) is 9.40. The van der Waals surface area contributed by atoms with Crippen molar-refractivity contribution >= 4 is 23.3 Å². The molecule has 0 fully saturated rings. The number of aliphatic hydroxyl groups is 2. The van der Waals surface area contributed by atoms with Crippen LogP contribution >= 0.6 is 0 Å². The number of benzene rings is 4. The second-order valence-electron chi connectivity index (χ2n) is 8.98. The molecule has 0 heterocycles. The van der Waals surface area contributed by atoms with E-state index in [2.05, 4.69) is 32.2 Å². The summed E-state index contributed by atoms with van der Waals surface area (Å²) in [5, 5.41) is 20.2.